The Balaban J connectivity index is 0.00000154. The second-order valence-electron chi connectivity index (χ2n) is 6.27. The molecule has 1 fully saturated rings. The smallest absolute Gasteiger partial charge is 0.135 e. The standard InChI is InChI=1S/C16H30O.C2H6/c1-4-7-16(17)15-11-6-10-14(12-15)9-5-8-13(2)3;1-2/h13-15H,4-12H2,1-3H3;1-2H3. The third-order valence-electron chi connectivity index (χ3n) is 4.13. The highest BCUT2D eigenvalue weighted by Gasteiger charge is 2.26. The maximum atomic E-state index is 11.9. The predicted octanol–water partition coefficient (Wildman–Crippen LogP) is 6.01. The molecular weight excluding hydrogens is 232 g/mol. The second kappa shape index (κ2) is 11.5. The molecule has 19 heavy (non-hydrogen) atoms. The quantitative estimate of drug-likeness (QED) is 0.552. The Morgan fingerprint density at radius 2 is 1.89 bits per heavy atom. The van der Waals surface area contributed by atoms with Gasteiger partial charge in [-0.05, 0) is 31.1 Å². The highest BCUT2D eigenvalue weighted by molar-refractivity contribution is 5.80. The fourth-order valence-corrected chi connectivity index (χ4v) is 3.11. The molecule has 0 saturated heterocycles. The molecule has 2 unspecified atom stereocenters. The summed E-state index contributed by atoms with van der Waals surface area (Å²) in [6.07, 6.45) is 10.9. The van der Waals surface area contributed by atoms with Crippen LogP contribution in [-0.2, 0) is 4.79 Å². The van der Waals surface area contributed by atoms with Crippen molar-refractivity contribution in [1.82, 2.24) is 0 Å². The molecule has 1 heteroatoms. The highest BCUT2D eigenvalue weighted by Crippen LogP contribution is 2.33. The topological polar surface area (TPSA) is 17.1 Å². The van der Waals surface area contributed by atoms with Gasteiger partial charge in [-0.15, -0.1) is 0 Å². The van der Waals surface area contributed by atoms with Gasteiger partial charge < -0.3 is 0 Å². The van der Waals surface area contributed by atoms with E-state index < -0.39 is 0 Å². The van der Waals surface area contributed by atoms with Gasteiger partial charge in [0.1, 0.15) is 5.78 Å². The number of ketones is 1. The number of hydrogen-bond acceptors (Lipinski definition) is 1. The van der Waals surface area contributed by atoms with E-state index in [9.17, 15) is 4.79 Å². The summed E-state index contributed by atoms with van der Waals surface area (Å²) in [4.78, 5) is 11.9. The summed E-state index contributed by atoms with van der Waals surface area (Å²) < 4.78 is 0. The van der Waals surface area contributed by atoms with Crippen molar-refractivity contribution >= 4 is 5.78 Å². The molecule has 114 valence electrons. The monoisotopic (exact) mass is 268 g/mol. The van der Waals surface area contributed by atoms with Crippen LogP contribution in [0.25, 0.3) is 0 Å². The van der Waals surface area contributed by atoms with Crippen molar-refractivity contribution in [1.29, 1.82) is 0 Å². The van der Waals surface area contributed by atoms with E-state index in [1.807, 2.05) is 13.8 Å². The maximum Gasteiger partial charge on any atom is 0.135 e. The minimum absolute atomic E-state index is 0.410. The van der Waals surface area contributed by atoms with E-state index in [1.165, 1.54) is 44.9 Å². The van der Waals surface area contributed by atoms with Gasteiger partial charge in [0, 0.05) is 12.3 Å². The Labute approximate surface area is 121 Å². The van der Waals surface area contributed by atoms with E-state index in [4.69, 9.17) is 0 Å². The van der Waals surface area contributed by atoms with Crippen LogP contribution in [0.4, 0.5) is 0 Å². The summed E-state index contributed by atoms with van der Waals surface area (Å²) in [7, 11) is 0. The van der Waals surface area contributed by atoms with Crippen molar-refractivity contribution in [3.8, 4) is 0 Å². The number of hydrogen-bond donors (Lipinski definition) is 0. The summed E-state index contributed by atoms with van der Waals surface area (Å²) in [5.74, 6) is 2.62. The molecule has 0 aromatic heterocycles. The maximum absolute atomic E-state index is 11.9. The molecule has 0 aliphatic heterocycles. The van der Waals surface area contributed by atoms with Crippen molar-refractivity contribution in [2.45, 2.75) is 92.4 Å². The zero-order valence-electron chi connectivity index (χ0n) is 14.0. The first-order valence-corrected chi connectivity index (χ1v) is 8.66. The van der Waals surface area contributed by atoms with Crippen LogP contribution >= 0.6 is 0 Å². The van der Waals surface area contributed by atoms with Gasteiger partial charge in [0.15, 0.2) is 0 Å². The molecular formula is C18H36O. The molecule has 1 aliphatic carbocycles. The zero-order valence-corrected chi connectivity index (χ0v) is 14.0. The van der Waals surface area contributed by atoms with E-state index in [0.29, 0.717) is 11.7 Å². The molecule has 0 aromatic rings. The minimum atomic E-state index is 0.410. The Morgan fingerprint density at radius 3 is 2.47 bits per heavy atom. The van der Waals surface area contributed by atoms with E-state index in [0.717, 1.165) is 24.7 Å². The van der Waals surface area contributed by atoms with Gasteiger partial charge in [-0.3, -0.25) is 4.79 Å². The number of rotatable bonds is 7. The summed E-state index contributed by atoms with van der Waals surface area (Å²) in [6.45, 7) is 10.7. The molecule has 0 aromatic carbocycles. The molecule has 0 radical (unpaired) electrons. The van der Waals surface area contributed by atoms with Crippen LogP contribution < -0.4 is 0 Å². The summed E-state index contributed by atoms with van der Waals surface area (Å²) in [5.41, 5.74) is 0. The number of carbonyl (C=O) groups excluding carboxylic acids is 1. The molecule has 0 spiro atoms. The van der Waals surface area contributed by atoms with Crippen LogP contribution in [0.1, 0.15) is 92.4 Å². The summed E-state index contributed by atoms with van der Waals surface area (Å²) >= 11 is 0. The van der Waals surface area contributed by atoms with E-state index in [-0.39, 0.29) is 0 Å². The van der Waals surface area contributed by atoms with Gasteiger partial charge in [0.2, 0.25) is 0 Å². The Morgan fingerprint density at radius 1 is 1.21 bits per heavy atom. The molecule has 0 heterocycles. The van der Waals surface area contributed by atoms with Crippen LogP contribution in [-0.4, -0.2) is 5.78 Å². The fraction of sp³-hybridized carbons (Fsp3) is 0.944. The molecule has 1 aliphatic rings. The largest absolute Gasteiger partial charge is 0.299 e. The second-order valence-corrected chi connectivity index (χ2v) is 6.27. The Kier molecular flexibility index (Phi) is 11.3. The van der Waals surface area contributed by atoms with Gasteiger partial charge in [0.25, 0.3) is 0 Å². The molecule has 0 bridgehead atoms. The SMILES string of the molecule is CC.CCCC(=O)C1CCCC(CCCC(C)C)C1. The molecule has 0 amide bonds. The molecule has 0 N–H and O–H groups in total. The van der Waals surface area contributed by atoms with Gasteiger partial charge >= 0.3 is 0 Å². The minimum Gasteiger partial charge on any atom is -0.299 e. The first-order chi connectivity index (χ1) is 9.13. The van der Waals surface area contributed by atoms with E-state index in [1.54, 1.807) is 0 Å². The van der Waals surface area contributed by atoms with Crippen molar-refractivity contribution in [3.05, 3.63) is 0 Å². The summed E-state index contributed by atoms with van der Waals surface area (Å²) in [5, 5.41) is 0. The third-order valence-corrected chi connectivity index (χ3v) is 4.13. The van der Waals surface area contributed by atoms with Gasteiger partial charge in [-0.1, -0.05) is 66.7 Å². The highest BCUT2D eigenvalue weighted by atomic mass is 16.1. The van der Waals surface area contributed by atoms with Gasteiger partial charge in [-0.25, -0.2) is 0 Å². The first-order valence-electron chi connectivity index (χ1n) is 8.66. The van der Waals surface area contributed by atoms with Crippen molar-refractivity contribution in [3.63, 3.8) is 0 Å². The van der Waals surface area contributed by atoms with Crippen LogP contribution in [0.2, 0.25) is 0 Å². The molecule has 1 rings (SSSR count). The Hall–Kier alpha value is -0.330. The molecule has 1 nitrogen and oxygen atoms in total. The van der Waals surface area contributed by atoms with E-state index >= 15 is 0 Å². The van der Waals surface area contributed by atoms with E-state index in [2.05, 4.69) is 20.8 Å². The third kappa shape index (κ3) is 8.44. The fourth-order valence-electron chi connectivity index (χ4n) is 3.11. The van der Waals surface area contributed by atoms with Crippen LogP contribution in [0.5, 0.6) is 0 Å². The number of Topliss-reactive ketones (excluding diaryl/α,β-unsaturated/α-hetero) is 1. The molecule has 2 atom stereocenters. The lowest BCUT2D eigenvalue weighted by Gasteiger charge is -2.28. The van der Waals surface area contributed by atoms with Gasteiger partial charge in [0.05, 0.1) is 0 Å². The number of carbonyl (C=O) groups is 1. The average Bonchev–Trinajstić information content (AvgIpc) is 2.41. The van der Waals surface area contributed by atoms with Crippen molar-refractivity contribution in [2.75, 3.05) is 0 Å². The Bertz CT molecular complexity index is 220. The van der Waals surface area contributed by atoms with Crippen molar-refractivity contribution in [2.24, 2.45) is 17.8 Å². The average molecular weight is 268 g/mol. The predicted molar refractivity (Wildman–Crippen MR) is 85.4 cm³/mol. The van der Waals surface area contributed by atoms with Crippen molar-refractivity contribution < 1.29 is 4.79 Å². The van der Waals surface area contributed by atoms with Crippen LogP contribution in [0, 0.1) is 17.8 Å². The molecule has 1 saturated carbocycles. The lowest BCUT2D eigenvalue weighted by molar-refractivity contribution is -0.124. The van der Waals surface area contributed by atoms with Crippen LogP contribution in [0.15, 0.2) is 0 Å². The summed E-state index contributed by atoms with van der Waals surface area (Å²) in [6, 6.07) is 0. The lowest BCUT2D eigenvalue weighted by atomic mass is 9.76. The lowest BCUT2D eigenvalue weighted by Crippen LogP contribution is -2.22. The zero-order chi connectivity index (χ0) is 14.7. The first kappa shape index (κ1) is 18.7. The normalized spacial score (nSPS) is 22.8. The van der Waals surface area contributed by atoms with Crippen LogP contribution in [0.3, 0.4) is 0 Å². The van der Waals surface area contributed by atoms with Gasteiger partial charge in [-0.2, -0.15) is 0 Å².